The SMILES string of the molecule is CCCCCCC(C)OC(C)CC(C)(NC)C(=O)O. The molecule has 0 fully saturated rings. The Kier molecular flexibility index (Phi) is 9.02. The van der Waals surface area contributed by atoms with Crippen LogP contribution in [0.3, 0.4) is 0 Å². The first-order valence-electron chi connectivity index (χ1n) is 7.43. The maximum absolute atomic E-state index is 11.2. The van der Waals surface area contributed by atoms with Crippen LogP contribution in [0, 0.1) is 0 Å². The molecule has 19 heavy (non-hydrogen) atoms. The normalized spacial score (nSPS) is 17.7. The predicted octanol–water partition coefficient (Wildman–Crippen LogP) is 3.20. The molecule has 114 valence electrons. The van der Waals surface area contributed by atoms with E-state index >= 15 is 0 Å². The minimum absolute atomic E-state index is 0.0604. The van der Waals surface area contributed by atoms with Crippen LogP contribution in [0.15, 0.2) is 0 Å². The summed E-state index contributed by atoms with van der Waals surface area (Å²) in [5.74, 6) is -0.832. The molecule has 0 aliphatic rings. The van der Waals surface area contributed by atoms with Crippen molar-refractivity contribution in [2.45, 2.75) is 84.0 Å². The van der Waals surface area contributed by atoms with Gasteiger partial charge in [-0.1, -0.05) is 32.6 Å². The number of nitrogens with one attached hydrogen (secondary N) is 1. The van der Waals surface area contributed by atoms with Crippen molar-refractivity contribution in [2.75, 3.05) is 7.05 Å². The Morgan fingerprint density at radius 3 is 2.37 bits per heavy atom. The van der Waals surface area contributed by atoms with E-state index in [1.165, 1.54) is 25.7 Å². The van der Waals surface area contributed by atoms with Gasteiger partial charge in [-0.25, -0.2) is 0 Å². The number of hydrogen-bond acceptors (Lipinski definition) is 3. The summed E-state index contributed by atoms with van der Waals surface area (Å²) in [5, 5.41) is 12.1. The average molecular weight is 273 g/mol. The molecule has 0 heterocycles. The molecule has 0 aromatic heterocycles. The second-order valence-electron chi connectivity index (χ2n) is 5.70. The summed E-state index contributed by atoms with van der Waals surface area (Å²) in [7, 11) is 1.68. The van der Waals surface area contributed by atoms with Gasteiger partial charge in [0.15, 0.2) is 0 Å². The number of carbonyl (C=O) groups is 1. The van der Waals surface area contributed by atoms with Gasteiger partial charge in [-0.3, -0.25) is 4.79 Å². The Bertz CT molecular complexity index is 258. The number of rotatable bonds is 11. The predicted molar refractivity (Wildman–Crippen MR) is 78.5 cm³/mol. The molecule has 0 aromatic rings. The van der Waals surface area contributed by atoms with E-state index in [0.29, 0.717) is 6.42 Å². The quantitative estimate of drug-likeness (QED) is 0.568. The lowest BCUT2D eigenvalue weighted by Gasteiger charge is -2.29. The van der Waals surface area contributed by atoms with Crippen LogP contribution < -0.4 is 5.32 Å². The topological polar surface area (TPSA) is 58.6 Å². The summed E-state index contributed by atoms with van der Waals surface area (Å²) in [5.41, 5.74) is -0.915. The molecule has 0 bridgehead atoms. The zero-order valence-electron chi connectivity index (χ0n) is 13.2. The van der Waals surface area contributed by atoms with Gasteiger partial charge in [-0.2, -0.15) is 0 Å². The van der Waals surface area contributed by atoms with Crippen LogP contribution >= 0.6 is 0 Å². The number of likely N-dealkylation sites (N-methyl/N-ethyl adjacent to an activating group) is 1. The molecule has 0 spiro atoms. The maximum Gasteiger partial charge on any atom is 0.323 e. The molecular weight excluding hydrogens is 242 g/mol. The summed E-state index contributed by atoms with van der Waals surface area (Å²) >= 11 is 0. The van der Waals surface area contributed by atoms with E-state index < -0.39 is 11.5 Å². The summed E-state index contributed by atoms with van der Waals surface area (Å²) in [6.45, 7) is 7.91. The summed E-state index contributed by atoms with van der Waals surface area (Å²) < 4.78 is 5.87. The first-order valence-corrected chi connectivity index (χ1v) is 7.43. The summed E-state index contributed by atoms with van der Waals surface area (Å²) in [4.78, 5) is 11.2. The molecule has 4 nitrogen and oxygen atoms in total. The van der Waals surface area contributed by atoms with Crippen molar-refractivity contribution in [3.8, 4) is 0 Å². The smallest absolute Gasteiger partial charge is 0.323 e. The average Bonchev–Trinajstić information content (AvgIpc) is 2.34. The Morgan fingerprint density at radius 1 is 1.26 bits per heavy atom. The number of hydrogen-bond donors (Lipinski definition) is 2. The maximum atomic E-state index is 11.2. The van der Waals surface area contributed by atoms with Crippen LogP contribution in [0.5, 0.6) is 0 Å². The molecule has 0 aliphatic carbocycles. The molecule has 3 atom stereocenters. The highest BCUT2D eigenvalue weighted by atomic mass is 16.5. The van der Waals surface area contributed by atoms with Crippen molar-refractivity contribution in [1.82, 2.24) is 5.32 Å². The second kappa shape index (κ2) is 9.32. The van der Waals surface area contributed by atoms with Crippen LogP contribution in [0.1, 0.15) is 66.2 Å². The third-order valence-corrected chi connectivity index (χ3v) is 3.65. The van der Waals surface area contributed by atoms with Crippen molar-refractivity contribution in [3.63, 3.8) is 0 Å². The van der Waals surface area contributed by atoms with Crippen molar-refractivity contribution < 1.29 is 14.6 Å². The molecule has 0 aliphatic heterocycles. The largest absolute Gasteiger partial charge is 0.480 e. The molecule has 0 amide bonds. The van der Waals surface area contributed by atoms with E-state index in [2.05, 4.69) is 19.2 Å². The first kappa shape index (κ1) is 18.4. The molecule has 0 rings (SSSR count). The Balaban J connectivity index is 4.01. The minimum Gasteiger partial charge on any atom is -0.480 e. The van der Waals surface area contributed by atoms with Gasteiger partial charge in [0.05, 0.1) is 12.2 Å². The highest BCUT2D eigenvalue weighted by Crippen LogP contribution is 2.17. The molecule has 3 unspecified atom stereocenters. The monoisotopic (exact) mass is 273 g/mol. The minimum atomic E-state index is -0.915. The standard InChI is InChI=1S/C15H31NO3/c1-6-7-8-9-10-12(2)19-13(3)11-15(4,16-5)14(17)18/h12-13,16H,6-11H2,1-5H3,(H,17,18). The van der Waals surface area contributed by atoms with Crippen LogP contribution in [-0.2, 0) is 9.53 Å². The fraction of sp³-hybridized carbons (Fsp3) is 0.933. The number of unbranched alkanes of at least 4 members (excludes halogenated alkanes) is 3. The van der Waals surface area contributed by atoms with Gasteiger partial charge >= 0.3 is 5.97 Å². The van der Waals surface area contributed by atoms with Gasteiger partial charge in [0.25, 0.3) is 0 Å². The van der Waals surface area contributed by atoms with Gasteiger partial charge in [-0.15, -0.1) is 0 Å². The molecule has 2 N–H and O–H groups in total. The van der Waals surface area contributed by atoms with Crippen LogP contribution in [0.2, 0.25) is 0 Å². The fourth-order valence-corrected chi connectivity index (χ4v) is 2.24. The number of ether oxygens (including phenoxy) is 1. The lowest BCUT2D eigenvalue weighted by molar-refractivity contribution is -0.146. The lowest BCUT2D eigenvalue weighted by atomic mass is 9.95. The Labute approximate surface area is 117 Å². The summed E-state index contributed by atoms with van der Waals surface area (Å²) in [6, 6.07) is 0. The molecular formula is C15H31NO3. The van der Waals surface area contributed by atoms with Crippen molar-refractivity contribution >= 4 is 5.97 Å². The third kappa shape index (κ3) is 7.53. The number of carboxylic acid groups (broad SMARTS) is 1. The number of carboxylic acids is 1. The van der Waals surface area contributed by atoms with E-state index in [9.17, 15) is 9.90 Å². The highest BCUT2D eigenvalue weighted by Gasteiger charge is 2.33. The van der Waals surface area contributed by atoms with E-state index in [-0.39, 0.29) is 12.2 Å². The van der Waals surface area contributed by atoms with Gasteiger partial charge in [-0.05, 0) is 34.2 Å². The van der Waals surface area contributed by atoms with Crippen LogP contribution in [-0.4, -0.2) is 35.9 Å². The Morgan fingerprint density at radius 2 is 1.89 bits per heavy atom. The van der Waals surface area contributed by atoms with Gasteiger partial charge in [0.2, 0.25) is 0 Å². The fourth-order valence-electron chi connectivity index (χ4n) is 2.24. The van der Waals surface area contributed by atoms with E-state index in [4.69, 9.17) is 4.74 Å². The van der Waals surface area contributed by atoms with Gasteiger partial charge in [0.1, 0.15) is 5.54 Å². The molecule has 0 radical (unpaired) electrons. The van der Waals surface area contributed by atoms with Crippen molar-refractivity contribution in [3.05, 3.63) is 0 Å². The Hall–Kier alpha value is -0.610. The molecule has 4 heteroatoms. The molecule has 0 saturated heterocycles. The van der Waals surface area contributed by atoms with E-state index in [0.717, 1.165) is 6.42 Å². The van der Waals surface area contributed by atoms with Crippen molar-refractivity contribution in [1.29, 1.82) is 0 Å². The summed E-state index contributed by atoms with van der Waals surface area (Å²) in [6.07, 6.45) is 6.61. The highest BCUT2D eigenvalue weighted by molar-refractivity contribution is 5.78. The number of aliphatic carboxylic acids is 1. The van der Waals surface area contributed by atoms with Gasteiger partial charge in [0, 0.05) is 6.42 Å². The second-order valence-corrected chi connectivity index (χ2v) is 5.70. The molecule has 0 saturated carbocycles. The third-order valence-electron chi connectivity index (χ3n) is 3.65. The van der Waals surface area contributed by atoms with Gasteiger partial charge < -0.3 is 15.2 Å². The lowest BCUT2D eigenvalue weighted by Crippen LogP contribution is -2.50. The zero-order chi connectivity index (χ0) is 14.9. The zero-order valence-corrected chi connectivity index (χ0v) is 13.2. The van der Waals surface area contributed by atoms with Crippen LogP contribution in [0.25, 0.3) is 0 Å². The van der Waals surface area contributed by atoms with Crippen molar-refractivity contribution in [2.24, 2.45) is 0 Å². The molecule has 0 aromatic carbocycles. The van der Waals surface area contributed by atoms with Crippen LogP contribution in [0.4, 0.5) is 0 Å². The van der Waals surface area contributed by atoms with E-state index in [1.54, 1.807) is 14.0 Å². The first-order chi connectivity index (χ1) is 8.85. The van der Waals surface area contributed by atoms with E-state index in [1.807, 2.05) is 6.92 Å².